The van der Waals surface area contributed by atoms with E-state index in [1.807, 2.05) is 32.0 Å². The van der Waals surface area contributed by atoms with Crippen LogP contribution in [0.4, 0.5) is 5.69 Å². The highest BCUT2D eigenvalue weighted by molar-refractivity contribution is 7.19. The van der Waals surface area contributed by atoms with Crippen molar-refractivity contribution in [2.24, 2.45) is 0 Å². The molecule has 9 heteroatoms. The van der Waals surface area contributed by atoms with E-state index < -0.39 is 0 Å². The molecule has 0 radical (unpaired) electrons. The Morgan fingerprint density at radius 2 is 2.00 bits per heavy atom. The third-order valence-electron chi connectivity index (χ3n) is 4.29. The van der Waals surface area contributed by atoms with E-state index in [1.165, 1.54) is 18.4 Å². The Morgan fingerprint density at radius 3 is 2.75 bits per heavy atom. The first-order valence-corrected chi connectivity index (χ1v) is 9.60. The van der Waals surface area contributed by atoms with Gasteiger partial charge in [-0.2, -0.15) is 9.61 Å². The van der Waals surface area contributed by atoms with Gasteiger partial charge in [-0.15, -0.1) is 10.2 Å². The predicted molar refractivity (Wildman–Crippen MR) is 110 cm³/mol. The van der Waals surface area contributed by atoms with Crippen LogP contribution in [0.5, 0.6) is 5.75 Å². The molecule has 0 bridgehead atoms. The molecule has 0 unspecified atom stereocenters. The van der Waals surface area contributed by atoms with Crippen LogP contribution < -0.4 is 10.1 Å². The number of nitrogens with one attached hydrogen (secondary N) is 1. The van der Waals surface area contributed by atoms with Crippen LogP contribution in [0.2, 0.25) is 5.02 Å². The van der Waals surface area contributed by atoms with Crippen molar-refractivity contribution in [3.8, 4) is 16.3 Å². The quantitative estimate of drug-likeness (QED) is 0.536. The molecule has 0 spiro atoms. The second-order valence-corrected chi connectivity index (χ2v) is 7.57. The second kappa shape index (κ2) is 7.21. The lowest BCUT2D eigenvalue weighted by molar-refractivity contribution is 0.102. The predicted octanol–water partition coefficient (Wildman–Crippen LogP) is 4.38. The van der Waals surface area contributed by atoms with Crippen LogP contribution in [0.25, 0.3) is 15.5 Å². The van der Waals surface area contributed by atoms with E-state index in [2.05, 4.69) is 20.6 Å². The Balaban J connectivity index is 1.68. The fraction of sp³-hybridized carbons (Fsp3) is 0.158. The number of anilines is 1. The number of ether oxygens (including phenoxy) is 1. The van der Waals surface area contributed by atoms with Gasteiger partial charge in [0.25, 0.3) is 5.91 Å². The highest BCUT2D eigenvalue weighted by Crippen LogP contribution is 2.30. The topological polar surface area (TPSA) is 81.4 Å². The van der Waals surface area contributed by atoms with Crippen molar-refractivity contribution in [2.75, 3.05) is 12.4 Å². The number of carbonyl (C=O) groups is 1. The van der Waals surface area contributed by atoms with Crippen molar-refractivity contribution in [1.82, 2.24) is 19.8 Å². The molecule has 0 saturated carbocycles. The molecule has 2 heterocycles. The molecular weight excluding hydrogens is 398 g/mol. The first kappa shape index (κ1) is 18.4. The van der Waals surface area contributed by atoms with Crippen molar-refractivity contribution in [3.05, 3.63) is 58.4 Å². The highest BCUT2D eigenvalue weighted by atomic mass is 35.5. The average Bonchev–Trinajstić information content (AvgIpc) is 3.25. The zero-order valence-corrected chi connectivity index (χ0v) is 16.9. The number of benzene rings is 2. The summed E-state index contributed by atoms with van der Waals surface area (Å²) in [7, 11) is 1.52. The number of amides is 1. The lowest BCUT2D eigenvalue weighted by atomic mass is 10.1. The van der Waals surface area contributed by atoms with Gasteiger partial charge >= 0.3 is 0 Å². The van der Waals surface area contributed by atoms with Gasteiger partial charge in [0.2, 0.25) is 4.96 Å². The molecule has 0 fully saturated rings. The number of halogens is 1. The van der Waals surface area contributed by atoms with Gasteiger partial charge in [0.05, 0.1) is 12.7 Å². The van der Waals surface area contributed by atoms with Gasteiger partial charge in [-0.25, -0.2) is 0 Å². The Bertz CT molecular complexity index is 1200. The number of carbonyl (C=O) groups excluding carboxylic acids is 1. The van der Waals surface area contributed by atoms with Crippen molar-refractivity contribution in [2.45, 2.75) is 13.8 Å². The van der Waals surface area contributed by atoms with Crippen molar-refractivity contribution < 1.29 is 9.53 Å². The molecule has 4 aromatic rings. The number of methoxy groups -OCH3 is 1. The van der Waals surface area contributed by atoms with E-state index in [0.29, 0.717) is 22.0 Å². The summed E-state index contributed by atoms with van der Waals surface area (Å²) in [5, 5.41) is 16.8. The third-order valence-corrected chi connectivity index (χ3v) is 5.47. The Morgan fingerprint density at radius 1 is 1.18 bits per heavy atom. The normalized spacial score (nSPS) is 11.0. The first-order valence-electron chi connectivity index (χ1n) is 8.41. The lowest BCUT2D eigenvalue weighted by Gasteiger charge is -2.12. The largest absolute Gasteiger partial charge is 0.496 e. The molecule has 2 aromatic heterocycles. The molecule has 0 atom stereocenters. The maximum absolute atomic E-state index is 12.8. The molecule has 142 valence electrons. The van der Waals surface area contributed by atoms with E-state index >= 15 is 0 Å². The molecule has 1 N–H and O–H groups in total. The molecule has 0 saturated heterocycles. The molecule has 2 aromatic carbocycles. The SMILES string of the molecule is COc1ccc(Cl)cc1C(=O)Nc1cc(-c2nn3c(C)nnc3s2)ccc1C. The molecule has 28 heavy (non-hydrogen) atoms. The highest BCUT2D eigenvalue weighted by Gasteiger charge is 2.16. The molecule has 7 nitrogen and oxygen atoms in total. The van der Waals surface area contributed by atoms with E-state index in [1.54, 1.807) is 22.7 Å². The monoisotopic (exact) mass is 413 g/mol. The van der Waals surface area contributed by atoms with Gasteiger partial charge in [-0.3, -0.25) is 4.79 Å². The summed E-state index contributed by atoms with van der Waals surface area (Å²) in [4.78, 5) is 13.5. The van der Waals surface area contributed by atoms with Crippen molar-refractivity contribution >= 4 is 39.5 Å². The number of nitrogens with zero attached hydrogens (tertiary/aromatic N) is 4. The van der Waals surface area contributed by atoms with Crippen molar-refractivity contribution in [1.29, 1.82) is 0 Å². The number of aryl methyl sites for hydroxylation is 2. The van der Waals surface area contributed by atoms with Crippen LogP contribution in [-0.4, -0.2) is 32.8 Å². The summed E-state index contributed by atoms with van der Waals surface area (Å²) >= 11 is 7.48. The molecule has 4 rings (SSSR count). The minimum absolute atomic E-state index is 0.298. The number of hydrogen-bond acceptors (Lipinski definition) is 6. The number of aromatic nitrogens is 4. The average molecular weight is 414 g/mol. The molecule has 1 amide bonds. The number of hydrogen-bond donors (Lipinski definition) is 1. The summed E-state index contributed by atoms with van der Waals surface area (Å²) in [5.74, 6) is 0.889. The number of fused-ring (bicyclic) bond motifs is 1. The lowest BCUT2D eigenvalue weighted by Crippen LogP contribution is -2.14. The maximum Gasteiger partial charge on any atom is 0.259 e. The fourth-order valence-corrected chi connectivity index (χ4v) is 3.82. The Hall–Kier alpha value is -2.97. The van der Waals surface area contributed by atoms with E-state index in [-0.39, 0.29) is 5.91 Å². The van der Waals surface area contributed by atoms with Gasteiger partial charge in [0, 0.05) is 16.3 Å². The van der Waals surface area contributed by atoms with Gasteiger partial charge in [-0.05, 0) is 43.7 Å². The first-order chi connectivity index (χ1) is 13.5. The van der Waals surface area contributed by atoms with Gasteiger partial charge in [-0.1, -0.05) is 35.1 Å². The summed E-state index contributed by atoms with van der Waals surface area (Å²) in [5.41, 5.74) is 2.87. The Kier molecular flexibility index (Phi) is 4.74. The molecule has 0 aliphatic carbocycles. The van der Waals surface area contributed by atoms with E-state index in [9.17, 15) is 4.79 Å². The van der Waals surface area contributed by atoms with Crippen LogP contribution in [0, 0.1) is 13.8 Å². The van der Waals surface area contributed by atoms with E-state index in [4.69, 9.17) is 16.3 Å². The number of rotatable bonds is 4. The maximum atomic E-state index is 12.8. The molecule has 0 aliphatic heterocycles. The second-order valence-electron chi connectivity index (χ2n) is 6.18. The van der Waals surface area contributed by atoms with Crippen LogP contribution in [0.15, 0.2) is 36.4 Å². The van der Waals surface area contributed by atoms with E-state index in [0.717, 1.165) is 26.9 Å². The Labute approximate surface area is 169 Å². The summed E-state index contributed by atoms with van der Waals surface area (Å²) in [6, 6.07) is 10.7. The van der Waals surface area contributed by atoms with Crippen LogP contribution in [0.1, 0.15) is 21.7 Å². The smallest absolute Gasteiger partial charge is 0.259 e. The summed E-state index contributed by atoms with van der Waals surface area (Å²) in [6.07, 6.45) is 0. The van der Waals surface area contributed by atoms with Gasteiger partial charge < -0.3 is 10.1 Å². The summed E-state index contributed by atoms with van der Waals surface area (Å²) in [6.45, 7) is 3.78. The van der Waals surface area contributed by atoms with Gasteiger partial charge in [0.15, 0.2) is 5.82 Å². The van der Waals surface area contributed by atoms with Crippen LogP contribution in [0.3, 0.4) is 0 Å². The zero-order valence-electron chi connectivity index (χ0n) is 15.4. The standard InChI is InChI=1S/C19H16ClN5O2S/c1-10-4-5-12(18-24-25-11(2)22-23-19(25)28-18)8-15(10)21-17(26)14-9-13(20)6-7-16(14)27-3/h4-9H,1-3H3,(H,21,26). The molecule has 0 aliphatic rings. The zero-order chi connectivity index (χ0) is 19.8. The fourth-order valence-electron chi connectivity index (χ4n) is 2.77. The van der Waals surface area contributed by atoms with Gasteiger partial charge in [0.1, 0.15) is 10.8 Å². The minimum Gasteiger partial charge on any atom is -0.496 e. The van der Waals surface area contributed by atoms with Crippen LogP contribution >= 0.6 is 22.9 Å². The molecular formula is C19H16ClN5O2S. The summed E-state index contributed by atoms with van der Waals surface area (Å²) < 4.78 is 6.98. The van der Waals surface area contributed by atoms with Crippen LogP contribution in [-0.2, 0) is 0 Å². The van der Waals surface area contributed by atoms with Crippen molar-refractivity contribution in [3.63, 3.8) is 0 Å². The minimum atomic E-state index is -0.298. The third kappa shape index (κ3) is 3.32.